The van der Waals surface area contributed by atoms with Gasteiger partial charge in [-0.25, -0.2) is 0 Å². The fraction of sp³-hybridized carbons (Fsp3) is 0.671. The molecular formula is C70H121N2O6P. The first-order valence-corrected chi connectivity index (χ1v) is 33.5. The molecule has 3 unspecified atom stereocenters. The van der Waals surface area contributed by atoms with Crippen molar-refractivity contribution in [3.8, 4) is 0 Å². The summed E-state index contributed by atoms with van der Waals surface area (Å²) >= 11 is 0. The maximum Gasteiger partial charge on any atom is 0.268 e. The third kappa shape index (κ3) is 62.1. The van der Waals surface area contributed by atoms with E-state index in [0.717, 1.165) is 109 Å². The first-order valence-electron chi connectivity index (χ1n) is 32.0. The molecule has 0 spiro atoms. The molecule has 0 radical (unpaired) electrons. The number of phosphoric acid groups is 1. The van der Waals surface area contributed by atoms with Gasteiger partial charge < -0.3 is 28.8 Å². The molecule has 0 heterocycles. The van der Waals surface area contributed by atoms with E-state index in [1.165, 1.54) is 122 Å². The van der Waals surface area contributed by atoms with Gasteiger partial charge in [0.25, 0.3) is 7.82 Å². The Labute approximate surface area is 487 Å². The number of rotatable bonds is 57. The van der Waals surface area contributed by atoms with Crippen molar-refractivity contribution in [2.24, 2.45) is 0 Å². The highest BCUT2D eigenvalue weighted by molar-refractivity contribution is 7.45. The van der Waals surface area contributed by atoms with E-state index in [1.807, 2.05) is 27.2 Å². The monoisotopic (exact) mass is 1120 g/mol. The highest BCUT2D eigenvalue weighted by Crippen LogP contribution is 2.38. The minimum Gasteiger partial charge on any atom is -0.756 e. The summed E-state index contributed by atoms with van der Waals surface area (Å²) in [6.45, 7) is 4.50. The lowest BCUT2D eigenvalue weighted by Gasteiger charge is -2.29. The number of aliphatic hydroxyl groups excluding tert-OH is 1. The van der Waals surface area contributed by atoms with Gasteiger partial charge in [-0.05, 0) is 109 Å². The Balaban J connectivity index is 4.27. The summed E-state index contributed by atoms with van der Waals surface area (Å²) in [5.74, 6) is -0.224. The lowest BCUT2D eigenvalue weighted by Crippen LogP contribution is -2.45. The molecule has 8 nitrogen and oxygen atoms in total. The van der Waals surface area contributed by atoms with Gasteiger partial charge in [0.1, 0.15) is 13.2 Å². The summed E-state index contributed by atoms with van der Waals surface area (Å²) in [7, 11) is 1.21. The first-order chi connectivity index (χ1) is 38.5. The summed E-state index contributed by atoms with van der Waals surface area (Å²) < 4.78 is 23.4. The van der Waals surface area contributed by atoms with Crippen LogP contribution in [0.4, 0.5) is 0 Å². The average Bonchev–Trinajstić information content (AvgIpc) is 3.42. The Bertz CT molecular complexity index is 1750. The van der Waals surface area contributed by atoms with Crippen molar-refractivity contribution < 1.29 is 32.9 Å². The van der Waals surface area contributed by atoms with Crippen molar-refractivity contribution in [2.75, 3.05) is 40.9 Å². The van der Waals surface area contributed by atoms with Crippen molar-refractivity contribution in [2.45, 2.75) is 264 Å². The van der Waals surface area contributed by atoms with Crippen LogP contribution >= 0.6 is 7.82 Å². The number of amides is 1. The standard InChI is InChI=1S/C70H121N2O6P/c1-6-8-10-12-14-16-18-20-22-24-26-28-30-32-33-34-35-36-37-38-39-40-42-44-46-48-50-52-54-56-58-60-62-64-70(74)71-68(67-78-79(75,76)77-66-65-72(3,4)5)69(73)63-61-59-57-55-53-51-49-47-45-43-41-31-29-27-25-23-21-19-17-15-13-11-9-7-2/h8,10,14,16,20,22,26,28,32-33,35-36,38-39,42,44-45,47,53,55,61,63,68-69,73H,6-7,9,11-13,15,17-19,21,23-25,27,29-31,34,37,40-41,43,46,48-52,54,56-60,62,64-67H2,1-5H3,(H-,71,74,75,76)/b10-8-,16-14-,22-20-,28-26-,33-32-,36-35-,39-38-,44-42-,47-45+,55-53+,63-61+. The highest BCUT2D eigenvalue weighted by Gasteiger charge is 2.23. The van der Waals surface area contributed by atoms with Gasteiger partial charge in [-0.2, -0.15) is 0 Å². The quantitative estimate of drug-likeness (QED) is 0.0272. The van der Waals surface area contributed by atoms with E-state index in [4.69, 9.17) is 9.05 Å². The molecule has 0 rings (SSSR count). The number of nitrogens with one attached hydrogen (secondary N) is 1. The van der Waals surface area contributed by atoms with Gasteiger partial charge in [0.05, 0.1) is 39.9 Å². The summed E-state index contributed by atoms with van der Waals surface area (Å²) in [5.41, 5.74) is 0. The molecule has 0 aliphatic carbocycles. The molecule has 0 aromatic heterocycles. The van der Waals surface area contributed by atoms with Gasteiger partial charge in [0, 0.05) is 6.42 Å². The lowest BCUT2D eigenvalue weighted by atomic mass is 10.0. The average molecular weight is 1120 g/mol. The second kappa shape index (κ2) is 59.3. The molecule has 0 bridgehead atoms. The fourth-order valence-corrected chi connectivity index (χ4v) is 9.34. The van der Waals surface area contributed by atoms with Gasteiger partial charge in [0.15, 0.2) is 0 Å². The number of carbonyl (C=O) groups excluding carboxylic acids is 1. The van der Waals surface area contributed by atoms with Crippen LogP contribution < -0.4 is 10.2 Å². The molecule has 0 aromatic carbocycles. The van der Waals surface area contributed by atoms with E-state index in [1.54, 1.807) is 6.08 Å². The summed E-state index contributed by atoms with van der Waals surface area (Å²) in [4.78, 5) is 25.6. The summed E-state index contributed by atoms with van der Waals surface area (Å²) in [6.07, 6.45) is 89.7. The van der Waals surface area contributed by atoms with Gasteiger partial charge in [0.2, 0.25) is 5.91 Å². The van der Waals surface area contributed by atoms with Gasteiger partial charge in [-0.3, -0.25) is 9.36 Å². The molecule has 0 aliphatic rings. The summed E-state index contributed by atoms with van der Waals surface area (Å²) in [5, 5.41) is 13.9. The van der Waals surface area contributed by atoms with Crippen LogP contribution in [-0.2, 0) is 18.4 Å². The van der Waals surface area contributed by atoms with Crippen molar-refractivity contribution in [1.29, 1.82) is 0 Å². The van der Waals surface area contributed by atoms with Crippen molar-refractivity contribution >= 4 is 13.7 Å². The third-order valence-corrected chi connectivity index (χ3v) is 14.5. The Morgan fingerprint density at radius 1 is 0.456 bits per heavy atom. The van der Waals surface area contributed by atoms with Gasteiger partial charge >= 0.3 is 0 Å². The number of hydrogen-bond donors (Lipinski definition) is 2. The SMILES string of the molecule is CC/C=C\C/C=C\C/C=C\C/C=C\C/C=C\C/C=C\C/C=C\C/C=C\CCCCCCCCCCC(=O)NC(COP(=O)([O-])OCC[N+](C)(C)C)C(O)/C=C/CC/C=C/CC/C=C/CCCCCCCCCCCCCCCC. The molecular weight excluding hydrogens is 996 g/mol. The van der Waals surface area contributed by atoms with Crippen LogP contribution in [0.2, 0.25) is 0 Å². The van der Waals surface area contributed by atoms with E-state index < -0.39 is 26.6 Å². The smallest absolute Gasteiger partial charge is 0.268 e. The normalized spacial score (nSPS) is 14.7. The second-order valence-corrected chi connectivity index (χ2v) is 23.8. The number of carbonyl (C=O) groups is 1. The van der Waals surface area contributed by atoms with Crippen molar-refractivity contribution in [3.05, 3.63) is 134 Å². The van der Waals surface area contributed by atoms with Crippen LogP contribution in [0.25, 0.3) is 0 Å². The molecule has 452 valence electrons. The van der Waals surface area contributed by atoms with Crippen LogP contribution in [0.5, 0.6) is 0 Å². The number of nitrogens with zero attached hydrogens (tertiary/aromatic N) is 1. The predicted molar refractivity (Wildman–Crippen MR) is 343 cm³/mol. The minimum atomic E-state index is -4.63. The zero-order valence-electron chi connectivity index (χ0n) is 51.5. The maximum atomic E-state index is 13.0. The van der Waals surface area contributed by atoms with E-state index in [2.05, 4.69) is 141 Å². The number of unbranched alkanes of at least 4 members (excludes halogenated alkanes) is 24. The zero-order valence-corrected chi connectivity index (χ0v) is 52.4. The van der Waals surface area contributed by atoms with Gasteiger partial charge in [-0.15, -0.1) is 0 Å². The van der Waals surface area contributed by atoms with Gasteiger partial charge in [-0.1, -0.05) is 270 Å². The van der Waals surface area contributed by atoms with Crippen LogP contribution in [0.3, 0.4) is 0 Å². The Morgan fingerprint density at radius 3 is 1.18 bits per heavy atom. The van der Waals surface area contributed by atoms with Crippen LogP contribution in [0.1, 0.15) is 251 Å². The van der Waals surface area contributed by atoms with Crippen LogP contribution in [0.15, 0.2) is 134 Å². The Hall–Kier alpha value is -3.36. The van der Waals surface area contributed by atoms with E-state index in [0.29, 0.717) is 17.4 Å². The molecule has 9 heteroatoms. The molecule has 79 heavy (non-hydrogen) atoms. The molecule has 0 saturated heterocycles. The molecule has 2 N–H and O–H groups in total. The lowest BCUT2D eigenvalue weighted by molar-refractivity contribution is -0.870. The topological polar surface area (TPSA) is 108 Å². The molecule has 3 atom stereocenters. The Morgan fingerprint density at radius 2 is 0.785 bits per heavy atom. The van der Waals surface area contributed by atoms with Crippen molar-refractivity contribution in [1.82, 2.24) is 5.32 Å². The number of allylic oxidation sites excluding steroid dienone is 21. The minimum absolute atomic E-state index is 0.0177. The molecule has 0 aliphatic heterocycles. The number of hydrogen-bond acceptors (Lipinski definition) is 6. The van der Waals surface area contributed by atoms with Crippen molar-refractivity contribution in [3.63, 3.8) is 0 Å². The van der Waals surface area contributed by atoms with Crippen LogP contribution in [-0.4, -0.2) is 68.5 Å². The predicted octanol–water partition coefficient (Wildman–Crippen LogP) is 19.6. The highest BCUT2D eigenvalue weighted by atomic mass is 31.2. The first kappa shape index (κ1) is 75.6. The Kier molecular flexibility index (Phi) is 56.7. The number of quaternary nitrogens is 1. The third-order valence-electron chi connectivity index (χ3n) is 13.6. The summed E-state index contributed by atoms with van der Waals surface area (Å²) in [6, 6.07) is -0.926. The second-order valence-electron chi connectivity index (χ2n) is 22.4. The fourth-order valence-electron chi connectivity index (χ4n) is 8.61. The molecule has 1 amide bonds. The van der Waals surface area contributed by atoms with E-state index in [-0.39, 0.29) is 12.5 Å². The van der Waals surface area contributed by atoms with E-state index >= 15 is 0 Å². The zero-order chi connectivity index (χ0) is 57.7. The largest absolute Gasteiger partial charge is 0.756 e. The van der Waals surface area contributed by atoms with Crippen LogP contribution in [0, 0.1) is 0 Å². The molecule has 0 fully saturated rings. The number of phosphoric ester groups is 1. The molecule has 0 aromatic rings. The number of likely N-dealkylation sites (N-methyl/N-ethyl adjacent to an activating group) is 1. The maximum absolute atomic E-state index is 13.0. The van der Waals surface area contributed by atoms with E-state index in [9.17, 15) is 19.4 Å². The number of aliphatic hydroxyl groups is 1. The molecule has 0 saturated carbocycles.